The zero-order chi connectivity index (χ0) is 13.4. The largest absolute Gasteiger partial charge is 0.382 e. The summed E-state index contributed by atoms with van der Waals surface area (Å²) < 4.78 is 76.6. The van der Waals surface area contributed by atoms with Crippen molar-refractivity contribution in [1.29, 1.82) is 0 Å². The highest BCUT2D eigenvalue weighted by Gasteiger charge is 1.98. The van der Waals surface area contributed by atoms with Crippen LogP contribution in [-0.2, 0) is 19.0 Å². The predicted molar refractivity (Wildman–Crippen MR) is 32.7 cm³/mol. The molecule has 0 bridgehead atoms. The van der Waals surface area contributed by atoms with Gasteiger partial charge < -0.3 is 4.74 Å². The van der Waals surface area contributed by atoms with E-state index >= 15 is 0 Å². The van der Waals surface area contributed by atoms with Gasteiger partial charge in [0.05, 0.1) is 29.0 Å². The Morgan fingerprint density at radius 2 is 2.33 bits per heavy atom. The molecule has 56 valence electrons. The van der Waals surface area contributed by atoms with Crippen LogP contribution in [0.25, 0.3) is 0 Å². The summed E-state index contributed by atoms with van der Waals surface area (Å²) in [7, 11) is -7.52. The Balaban J connectivity index is 4.99. The summed E-state index contributed by atoms with van der Waals surface area (Å²) in [5, 5.41) is 0. The summed E-state index contributed by atoms with van der Waals surface area (Å²) in [5.74, 6) is 0. The van der Waals surface area contributed by atoms with Gasteiger partial charge >= 0.3 is 0 Å². The van der Waals surface area contributed by atoms with Crippen molar-refractivity contribution in [2.75, 3.05) is 26.4 Å². The van der Waals surface area contributed by atoms with Crippen LogP contribution < -0.4 is 0 Å². The summed E-state index contributed by atoms with van der Waals surface area (Å²) in [5.41, 5.74) is 0. The first-order valence-corrected chi connectivity index (χ1v) is 3.59. The molecule has 0 aliphatic rings. The lowest BCUT2D eigenvalue weighted by molar-refractivity contribution is 0.150. The van der Waals surface area contributed by atoms with Gasteiger partial charge in [0.1, 0.15) is 0 Å². The molecule has 0 amide bonds. The molecule has 0 rings (SSSR count). The molecule has 0 saturated heterocycles. The molecule has 0 aliphatic heterocycles. The monoisotopic (exact) mass is 161 g/mol. The maximum atomic E-state index is 10.6. The third-order valence-electron chi connectivity index (χ3n) is 0.286. The molecule has 0 N–H and O–H groups in total. The molecule has 5 heteroatoms. The molecule has 0 radical (unpaired) electrons. The minimum absolute atomic E-state index is 0.496. The van der Waals surface area contributed by atoms with Gasteiger partial charge in [0, 0.05) is 7.04 Å². The van der Waals surface area contributed by atoms with Crippen LogP contribution in [0.15, 0.2) is 0 Å². The maximum Gasteiger partial charge on any atom is 0.264 e. The standard InChI is InChI=1S/C4H10O4S/c1-7-3-4-8-9(2,5)6/h3-4H2,1-2H3/i1D3,3D2,4D2. The Bertz CT molecular complexity index is 344. The Morgan fingerprint density at radius 1 is 1.67 bits per heavy atom. The van der Waals surface area contributed by atoms with Crippen molar-refractivity contribution >= 4 is 10.1 Å². The maximum absolute atomic E-state index is 10.6. The van der Waals surface area contributed by atoms with E-state index in [0.29, 0.717) is 6.26 Å². The number of rotatable bonds is 4. The Hall–Kier alpha value is -0.130. The molecule has 0 aliphatic carbocycles. The molecule has 0 spiro atoms. The SMILES string of the molecule is [2H]C([2H])([2H])OC([2H])([2H])C([2H])([2H])OS(C)(=O)=O. The summed E-state index contributed by atoms with van der Waals surface area (Å²) in [6.07, 6.45) is 0.496. The van der Waals surface area contributed by atoms with Gasteiger partial charge in [0.2, 0.25) is 0 Å². The highest BCUT2D eigenvalue weighted by molar-refractivity contribution is 7.85. The van der Waals surface area contributed by atoms with Crippen LogP contribution in [0, 0.1) is 0 Å². The Labute approximate surface area is 64.7 Å². The van der Waals surface area contributed by atoms with Gasteiger partial charge in [-0.15, -0.1) is 0 Å². The van der Waals surface area contributed by atoms with Gasteiger partial charge in [0.15, 0.2) is 0 Å². The lowest BCUT2D eigenvalue weighted by Crippen LogP contribution is -2.07. The number of ether oxygens (including phenoxy) is 1. The summed E-state index contributed by atoms with van der Waals surface area (Å²) in [6, 6.07) is 0. The smallest absolute Gasteiger partial charge is 0.264 e. The van der Waals surface area contributed by atoms with Crippen molar-refractivity contribution in [3.8, 4) is 0 Å². The molecule has 0 saturated carbocycles. The number of hydrogen-bond acceptors (Lipinski definition) is 4. The third-order valence-corrected chi connectivity index (χ3v) is 0.672. The average molecular weight is 161 g/mol. The Kier molecular flexibility index (Phi) is 1.05. The van der Waals surface area contributed by atoms with E-state index in [1.54, 1.807) is 0 Å². The van der Waals surface area contributed by atoms with Crippen molar-refractivity contribution in [2.45, 2.75) is 0 Å². The van der Waals surface area contributed by atoms with Crippen molar-refractivity contribution in [1.82, 2.24) is 0 Å². The van der Waals surface area contributed by atoms with E-state index in [-0.39, 0.29) is 0 Å². The topological polar surface area (TPSA) is 52.6 Å². The first-order chi connectivity index (χ1) is 6.66. The first kappa shape index (κ1) is 2.48. The molecule has 0 heterocycles. The second-order valence-electron chi connectivity index (χ2n) is 1.09. The van der Waals surface area contributed by atoms with Crippen molar-refractivity contribution in [3.63, 3.8) is 0 Å². The van der Waals surface area contributed by atoms with E-state index in [1.807, 2.05) is 0 Å². The second kappa shape index (κ2) is 3.81. The van der Waals surface area contributed by atoms with E-state index in [0.717, 1.165) is 0 Å². The fourth-order valence-corrected chi connectivity index (χ4v) is 0.299. The average Bonchev–Trinajstić information content (AvgIpc) is 1.72. The lowest BCUT2D eigenvalue weighted by atomic mass is 10.8. The van der Waals surface area contributed by atoms with Crippen LogP contribution >= 0.6 is 0 Å². The van der Waals surface area contributed by atoms with Crippen LogP contribution in [0.5, 0.6) is 0 Å². The predicted octanol–water partition coefficient (Wildman–Crippen LogP) is -0.391. The van der Waals surface area contributed by atoms with Gasteiger partial charge in [-0.05, 0) is 0 Å². The zero-order valence-corrected chi connectivity index (χ0v) is 5.36. The summed E-state index contributed by atoms with van der Waals surface area (Å²) in [4.78, 5) is 0. The van der Waals surface area contributed by atoms with Crippen molar-refractivity contribution < 1.29 is 26.9 Å². The Morgan fingerprint density at radius 3 is 2.78 bits per heavy atom. The van der Waals surface area contributed by atoms with Crippen molar-refractivity contribution in [3.05, 3.63) is 0 Å². The van der Waals surface area contributed by atoms with Crippen molar-refractivity contribution in [2.24, 2.45) is 0 Å². The summed E-state index contributed by atoms with van der Waals surface area (Å²) >= 11 is 0. The first-order valence-electron chi connectivity index (χ1n) is 5.27. The number of hydrogen-bond donors (Lipinski definition) is 0. The molecule has 0 fully saturated rings. The van der Waals surface area contributed by atoms with E-state index in [9.17, 15) is 8.42 Å². The van der Waals surface area contributed by atoms with Crippen LogP contribution in [0.4, 0.5) is 0 Å². The fraction of sp³-hybridized carbons (Fsp3) is 1.00. The molecule has 0 atom stereocenters. The van der Waals surface area contributed by atoms with Gasteiger partial charge in [0.25, 0.3) is 10.1 Å². The molecule has 0 aromatic carbocycles. The molecule has 0 unspecified atom stereocenters. The highest BCUT2D eigenvalue weighted by Crippen LogP contribution is 1.84. The molecule has 0 aromatic heterocycles. The normalized spacial score (nSPS) is 27.9. The molecule has 0 aromatic rings. The molecular weight excluding hydrogens is 144 g/mol. The van der Waals surface area contributed by atoms with E-state index in [1.165, 1.54) is 0 Å². The lowest BCUT2D eigenvalue weighted by Gasteiger charge is -1.97. The van der Waals surface area contributed by atoms with Crippen LogP contribution in [0.2, 0.25) is 0 Å². The molecule has 9 heavy (non-hydrogen) atoms. The fourth-order valence-electron chi connectivity index (χ4n) is 0.114. The van der Waals surface area contributed by atoms with Gasteiger partial charge in [-0.3, -0.25) is 4.18 Å². The summed E-state index contributed by atoms with van der Waals surface area (Å²) in [6.45, 7) is -6.89. The zero-order valence-electron chi connectivity index (χ0n) is 11.5. The van der Waals surface area contributed by atoms with Gasteiger partial charge in [-0.1, -0.05) is 0 Å². The van der Waals surface area contributed by atoms with E-state index in [4.69, 9.17) is 9.60 Å². The minimum atomic E-state index is -4.30. The van der Waals surface area contributed by atoms with E-state index < -0.39 is 30.3 Å². The minimum Gasteiger partial charge on any atom is -0.382 e. The van der Waals surface area contributed by atoms with Gasteiger partial charge in [-0.25, -0.2) is 0 Å². The van der Waals surface area contributed by atoms with Crippen LogP contribution in [-0.4, -0.2) is 34.8 Å². The van der Waals surface area contributed by atoms with Crippen LogP contribution in [0.3, 0.4) is 0 Å². The number of methoxy groups -OCH3 is 1. The third kappa shape index (κ3) is 7.87. The quantitative estimate of drug-likeness (QED) is 0.527. The van der Waals surface area contributed by atoms with Crippen LogP contribution in [0.1, 0.15) is 9.60 Å². The highest BCUT2D eigenvalue weighted by atomic mass is 32.2. The molecule has 4 nitrogen and oxygen atoms in total. The second-order valence-corrected chi connectivity index (χ2v) is 2.67. The van der Waals surface area contributed by atoms with Gasteiger partial charge in [-0.2, -0.15) is 8.42 Å². The molecular formula is C4H10O4S. The van der Waals surface area contributed by atoms with E-state index in [2.05, 4.69) is 8.92 Å².